The molecule has 0 bridgehead atoms. The number of methoxy groups -OCH3 is 2. The molecule has 0 aliphatic heterocycles. The van der Waals surface area contributed by atoms with E-state index in [1.807, 2.05) is 6.92 Å². The van der Waals surface area contributed by atoms with E-state index in [9.17, 15) is 9.59 Å². The molecule has 1 amide bonds. The molecule has 2 rings (SSSR count). The Morgan fingerprint density at radius 1 is 1.15 bits per heavy atom. The second kappa shape index (κ2) is 9.27. The Bertz CT molecular complexity index is 854. The fourth-order valence-corrected chi connectivity index (χ4v) is 2.94. The van der Waals surface area contributed by atoms with Crippen LogP contribution >= 0.6 is 15.9 Å². The van der Waals surface area contributed by atoms with E-state index < -0.39 is 0 Å². The molecule has 7 nitrogen and oxygen atoms in total. The van der Waals surface area contributed by atoms with Crippen LogP contribution in [-0.2, 0) is 16.0 Å². The fourth-order valence-electron chi connectivity index (χ4n) is 2.37. The van der Waals surface area contributed by atoms with Crippen molar-refractivity contribution in [3.63, 3.8) is 0 Å². The molecule has 0 unspecified atom stereocenters. The highest BCUT2D eigenvalue weighted by Crippen LogP contribution is 2.41. The van der Waals surface area contributed by atoms with Crippen molar-refractivity contribution in [2.45, 2.75) is 13.3 Å². The van der Waals surface area contributed by atoms with Crippen LogP contribution in [0.4, 0.5) is 5.69 Å². The molecular weight excluding hydrogens is 416 g/mol. The van der Waals surface area contributed by atoms with Gasteiger partial charge in [-0.1, -0.05) is 0 Å². The number of halogens is 1. The SMILES string of the molecule is CCNC(=O)c1ccc(Oc2c(Br)cc(CC(=O)OC)cc2OC)c(N)c1. The quantitative estimate of drug-likeness (QED) is 0.510. The smallest absolute Gasteiger partial charge is 0.309 e. The summed E-state index contributed by atoms with van der Waals surface area (Å²) in [6.45, 7) is 2.37. The van der Waals surface area contributed by atoms with Crippen LogP contribution in [0.3, 0.4) is 0 Å². The van der Waals surface area contributed by atoms with Crippen LogP contribution in [0.25, 0.3) is 0 Å². The summed E-state index contributed by atoms with van der Waals surface area (Å²) in [6.07, 6.45) is 0.106. The number of nitrogen functional groups attached to an aromatic ring is 1. The van der Waals surface area contributed by atoms with Crippen molar-refractivity contribution < 1.29 is 23.8 Å². The van der Waals surface area contributed by atoms with Crippen molar-refractivity contribution in [3.05, 3.63) is 45.9 Å². The van der Waals surface area contributed by atoms with Crippen molar-refractivity contribution in [3.8, 4) is 17.2 Å². The highest BCUT2D eigenvalue weighted by Gasteiger charge is 2.16. The summed E-state index contributed by atoms with van der Waals surface area (Å²) >= 11 is 3.43. The second-order valence-electron chi connectivity index (χ2n) is 5.58. The van der Waals surface area contributed by atoms with Gasteiger partial charge in [0.2, 0.25) is 0 Å². The zero-order chi connectivity index (χ0) is 20.0. The Kier molecular flexibility index (Phi) is 7.06. The van der Waals surface area contributed by atoms with Gasteiger partial charge in [0.05, 0.1) is 30.8 Å². The van der Waals surface area contributed by atoms with Crippen molar-refractivity contribution >= 4 is 33.5 Å². The molecule has 0 heterocycles. The molecule has 0 saturated carbocycles. The van der Waals surface area contributed by atoms with Gasteiger partial charge in [-0.2, -0.15) is 0 Å². The van der Waals surface area contributed by atoms with Crippen LogP contribution < -0.4 is 20.5 Å². The van der Waals surface area contributed by atoms with Gasteiger partial charge in [-0.25, -0.2) is 0 Å². The van der Waals surface area contributed by atoms with Crippen molar-refractivity contribution in [2.24, 2.45) is 0 Å². The molecule has 144 valence electrons. The van der Waals surface area contributed by atoms with E-state index in [-0.39, 0.29) is 18.3 Å². The number of hydrogen-bond acceptors (Lipinski definition) is 6. The number of amides is 1. The van der Waals surface area contributed by atoms with E-state index in [2.05, 4.69) is 26.0 Å². The van der Waals surface area contributed by atoms with E-state index >= 15 is 0 Å². The minimum atomic E-state index is -0.359. The van der Waals surface area contributed by atoms with E-state index in [4.69, 9.17) is 15.2 Å². The third-order valence-electron chi connectivity index (χ3n) is 3.69. The van der Waals surface area contributed by atoms with E-state index in [0.29, 0.717) is 45.1 Å². The number of rotatable bonds is 7. The lowest BCUT2D eigenvalue weighted by atomic mass is 10.1. The summed E-state index contributed by atoms with van der Waals surface area (Å²) in [4.78, 5) is 23.4. The lowest BCUT2D eigenvalue weighted by Crippen LogP contribution is -2.22. The molecule has 0 aliphatic carbocycles. The molecule has 3 N–H and O–H groups in total. The number of nitrogens with two attached hydrogens (primary N) is 1. The maximum Gasteiger partial charge on any atom is 0.309 e. The van der Waals surface area contributed by atoms with Gasteiger partial charge in [0, 0.05) is 12.1 Å². The number of anilines is 1. The first kappa shape index (κ1) is 20.6. The van der Waals surface area contributed by atoms with Gasteiger partial charge >= 0.3 is 5.97 Å². The van der Waals surface area contributed by atoms with Crippen LogP contribution in [0.15, 0.2) is 34.8 Å². The first-order valence-corrected chi connectivity index (χ1v) is 8.97. The van der Waals surface area contributed by atoms with E-state index in [1.165, 1.54) is 14.2 Å². The molecule has 2 aromatic rings. The van der Waals surface area contributed by atoms with Crippen molar-refractivity contribution in [1.29, 1.82) is 0 Å². The van der Waals surface area contributed by atoms with Gasteiger partial charge in [0.1, 0.15) is 0 Å². The van der Waals surface area contributed by atoms with Crippen molar-refractivity contribution in [1.82, 2.24) is 5.32 Å². The summed E-state index contributed by atoms with van der Waals surface area (Å²) in [5.74, 6) is 0.645. The average Bonchev–Trinajstić information content (AvgIpc) is 2.64. The topological polar surface area (TPSA) is 99.9 Å². The molecule has 0 atom stereocenters. The largest absolute Gasteiger partial charge is 0.493 e. The Labute approximate surface area is 165 Å². The average molecular weight is 437 g/mol. The fraction of sp³-hybridized carbons (Fsp3) is 0.263. The van der Waals surface area contributed by atoms with Gasteiger partial charge in [-0.15, -0.1) is 0 Å². The number of hydrogen-bond donors (Lipinski definition) is 2. The maximum absolute atomic E-state index is 11.9. The summed E-state index contributed by atoms with van der Waals surface area (Å²) in [7, 11) is 2.83. The Morgan fingerprint density at radius 2 is 1.89 bits per heavy atom. The number of ether oxygens (including phenoxy) is 3. The molecule has 0 aliphatic rings. The molecule has 2 aromatic carbocycles. The second-order valence-corrected chi connectivity index (χ2v) is 6.43. The van der Waals surface area contributed by atoms with Crippen LogP contribution in [-0.4, -0.2) is 32.6 Å². The third kappa shape index (κ3) is 5.13. The standard InChI is InChI=1S/C19H21BrN2O5/c1-4-22-19(24)12-5-6-15(14(21)10-12)27-18-13(20)7-11(8-16(18)25-2)9-17(23)26-3/h5-8,10H,4,9,21H2,1-3H3,(H,22,24). The first-order chi connectivity index (χ1) is 12.9. The van der Waals surface area contributed by atoms with Crippen LogP contribution in [0, 0.1) is 0 Å². The summed E-state index contributed by atoms with van der Waals surface area (Å²) in [6, 6.07) is 8.23. The van der Waals surface area contributed by atoms with Crippen LogP contribution in [0.2, 0.25) is 0 Å². The molecule has 0 spiro atoms. The minimum Gasteiger partial charge on any atom is -0.493 e. The third-order valence-corrected chi connectivity index (χ3v) is 4.28. The first-order valence-electron chi connectivity index (χ1n) is 8.18. The lowest BCUT2D eigenvalue weighted by molar-refractivity contribution is -0.139. The monoisotopic (exact) mass is 436 g/mol. The lowest BCUT2D eigenvalue weighted by Gasteiger charge is -2.15. The van der Waals surface area contributed by atoms with Crippen LogP contribution in [0.1, 0.15) is 22.8 Å². The number of carbonyl (C=O) groups excluding carboxylic acids is 2. The maximum atomic E-state index is 11.9. The molecule has 0 fully saturated rings. The molecule has 27 heavy (non-hydrogen) atoms. The van der Waals surface area contributed by atoms with Gasteiger partial charge in [0.15, 0.2) is 17.2 Å². The van der Waals surface area contributed by atoms with E-state index in [0.717, 1.165) is 0 Å². The predicted molar refractivity (Wildman–Crippen MR) is 105 cm³/mol. The zero-order valence-corrected chi connectivity index (χ0v) is 16.9. The van der Waals surface area contributed by atoms with Gasteiger partial charge in [0.25, 0.3) is 5.91 Å². The van der Waals surface area contributed by atoms with Crippen molar-refractivity contribution in [2.75, 3.05) is 26.5 Å². The summed E-state index contributed by atoms with van der Waals surface area (Å²) < 4.78 is 16.5. The highest BCUT2D eigenvalue weighted by atomic mass is 79.9. The molecule has 0 aromatic heterocycles. The zero-order valence-electron chi connectivity index (χ0n) is 15.3. The molecular formula is C19H21BrN2O5. The minimum absolute atomic E-state index is 0.106. The van der Waals surface area contributed by atoms with Gasteiger partial charge in [-0.05, 0) is 58.7 Å². The Morgan fingerprint density at radius 3 is 2.48 bits per heavy atom. The number of nitrogens with one attached hydrogen (secondary N) is 1. The molecule has 0 radical (unpaired) electrons. The van der Waals surface area contributed by atoms with Crippen LogP contribution in [0.5, 0.6) is 17.2 Å². The number of esters is 1. The van der Waals surface area contributed by atoms with Gasteiger partial charge in [-0.3, -0.25) is 9.59 Å². The number of carbonyl (C=O) groups is 2. The Balaban J connectivity index is 2.31. The summed E-state index contributed by atoms with van der Waals surface area (Å²) in [5.41, 5.74) is 7.50. The Hall–Kier alpha value is -2.74. The van der Waals surface area contributed by atoms with E-state index in [1.54, 1.807) is 30.3 Å². The molecule has 0 saturated heterocycles. The summed E-state index contributed by atoms with van der Waals surface area (Å²) in [5, 5.41) is 2.71. The number of benzene rings is 2. The molecule has 8 heteroatoms. The normalized spacial score (nSPS) is 10.2. The van der Waals surface area contributed by atoms with Gasteiger partial charge < -0.3 is 25.3 Å². The highest BCUT2D eigenvalue weighted by molar-refractivity contribution is 9.10. The predicted octanol–water partition coefficient (Wildman–Crippen LogP) is 3.30.